The summed E-state index contributed by atoms with van der Waals surface area (Å²) >= 11 is 0. The SMILES string of the molecule is CC/C=C\[C@@H]1C[C@]1(NC(=O)[C@@H]1C[C@@H](Oc2nccc3cc(OC)ccc23)CN1C(=O)[C@@H](NC(=O)OC(C)(C)C)C(C)C)C(=O)NS(=O)(=O)C1(CC)CC1. The Morgan fingerprint density at radius 2 is 1.83 bits per heavy atom. The van der Waals surface area contributed by atoms with Crippen molar-refractivity contribution < 1.29 is 41.8 Å². The highest BCUT2D eigenvalue weighted by molar-refractivity contribution is 7.91. The molecule has 4 amide bonds. The number of nitrogens with zero attached hydrogens (tertiary/aromatic N) is 2. The van der Waals surface area contributed by atoms with Crippen LogP contribution in [0.15, 0.2) is 42.6 Å². The summed E-state index contributed by atoms with van der Waals surface area (Å²) in [7, 11) is -2.43. The van der Waals surface area contributed by atoms with E-state index in [1.54, 1.807) is 60.9 Å². The third-order valence-corrected chi connectivity index (χ3v) is 12.6. The van der Waals surface area contributed by atoms with Crippen molar-refractivity contribution in [1.29, 1.82) is 0 Å². The lowest BCUT2D eigenvalue weighted by molar-refractivity contribution is -0.141. The van der Waals surface area contributed by atoms with Gasteiger partial charge in [-0.3, -0.25) is 19.1 Å². The quantitative estimate of drug-likeness (QED) is 0.234. The molecule has 53 heavy (non-hydrogen) atoms. The van der Waals surface area contributed by atoms with Crippen molar-refractivity contribution in [2.75, 3.05) is 13.7 Å². The van der Waals surface area contributed by atoms with Crippen LogP contribution < -0.4 is 24.8 Å². The van der Waals surface area contributed by atoms with Gasteiger partial charge in [-0.15, -0.1) is 0 Å². The normalized spacial score (nSPS) is 24.1. The van der Waals surface area contributed by atoms with Gasteiger partial charge in [-0.25, -0.2) is 18.2 Å². The van der Waals surface area contributed by atoms with Crippen LogP contribution in [0.2, 0.25) is 0 Å². The summed E-state index contributed by atoms with van der Waals surface area (Å²) in [6, 6.07) is 5.06. The lowest BCUT2D eigenvalue weighted by atomic mass is 10.0. The standard InChI is InChI=1S/C38H53N5O9S/c1-9-11-12-25-21-38(25,34(46)42-53(48,49)37(10-2)16-17-37)41-31(44)29-20-27(51-32-28-14-13-26(50-8)19-24(28)15-18-39-32)22-43(29)33(45)30(23(3)4)40-35(47)52-36(5,6)7/h11-15,18-19,23,25,27,29-30H,9-10,16-17,20-22H2,1-8H3,(H,40,47)(H,41,44)(H,42,46)/b12-11-/t25-,27-,29+,30+,38-/m1/s1. The van der Waals surface area contributed by atoms with Gasteiger partial charge in [0.1, 0.15) is 35.1 Å². The lowest BCUT2D eigenvalue weighted by Gasteiger charge is -2.31. The van der Waals surface area contributed by atoms with E-state index in [1.807, 2.05) is 37.3 Å². The van der Waals surface area contributed by atoms with Crippen molar-refractivity contribution in [3.63, 3.8) is 0 Å². The number of fused-ring (bicyclic) bond motifs is 1. The molecule has 290 valence electrons. The molecule has 5 rings (SSSR count). The van der Waals surface area contributed by atoms with Crippen molar-refractivity contribution in [3.05, 3.63) is 42.6 Å². The molecule has 1 aromatic carbocycles. The smallest absolute Gasteiger partial charge is 0.408 e. The Balaban J connectivity index is 1.45. The molecule has 2 saturated carbocycles. The molecule has 0 radical (unpaired) electrons. The second-order valence-electron chi connectivity index (χ2n) is 15.6. The van der Waals surface area contributed by atoms with Crippen LogP contribution >= 0.6 is 0 Å². The van der Waals surface area contributed by atoms with Crippen LogP contribution in [-0.2, 0) is 29.1 Å². The van der Waals surface area contributed by atoms with E-state index >= 15 is 0 Å². The van der Waals surface area contributed by atoms with E-state index in [0.717, 1.165) is 5.39 Å². The molecule has 0 bridgehead atoms. The second kappa shape index (κ2) is 15.2. The van der Waals surface area contributed by atoms with Gasteiger partial charge in [-0.1, -0.05) is 39.8 Å². The average molecular weight is 756 g/mol. The number of alkyl carbamates (subject to hydrolysis) is 1. The first-order chi connectivity index (χ1) is 24.9. The van der Waals surface area contributed by atoms with E-state index < -0.39 is 79.7 Å². The summed E-state index contributed by atoms with van der Waals surface area (Å²) in [6.45, 7) is 12.3. The molecule has 1 aromatic heterocycles. The average Bonchev–Trinajstić information content (AvgIpc) is 4.00. The number of methoxy groups -OCH3 is 1. The maximum absolute atomic E-state index is 14.4. The van der Waals surface area contributed by atoms with Crippen LogP contribution in [-0.4, -0.2) is 89.8 Å². The van der Waals surface area contributed by atoms with E-state index in [-0.39, 0.29) is 19.4 Å². The minimum absolute atomic E-state index is 0.0316. The first-order valence-corrected chi connectivity index (χ1v) is 19.8. The van der Waals surface area contributed by atoms with Crippen molar-refractivity contribution in [3.8, 4) is 11.6 Å². The molecule has 2 heterocycles. The molecule has 14 nitrogen and oxygen atoms in total. The zero-order chi connectivity index (χ0) is 38.9. The van der Waals surface area contributed by atoms with Crippen LogP contribution in [0.4, 0.5) is 4.79 Å². The summed E-state index contributed by atoms with van der Waals surface area (Å²) in [6.07, 6.45) is 5.96. The Labute approximate surface area is 311 Å². The zero-order valence-electron chi connectivity index (χ0n) is 31.9. The number of benzene rings is 1. The third kappa shape index (κ3) is 8.55. The van der Waals surface area contributed by atoms with Crippen molar-refractivity contribution in [1.82, 2.24) is 25.2 Å². The number of rotatable bonds is 14. The van der Waals surface area contributed by atoms with Gasteiger partial charge in [0.2, 0.25) is 27.7 Å². The number of aromatic nitrogens is 1. The molecule has 1 saturated heterocycles. The first-order valence-electron chi connectivity index (χ1n) is 18.3. The molecule has 0 spiro atoms. The Kier molecular flexibility index (Phi) is 11.4. The van der Waals surface area contributed by atoms with E-state index in [0.29, 0.717) is 42.7 Å². The Bertz CT molecular complexity index is 1870. The molecule has 3 aliphatic rings. The highest BCUT2D eigenvalue weighted by Gasteiger charge is 2.63. The molecule has 1 aliphatic heterocycles. The summed E-state index contributed by atoms with van der Waals surface area (Å²) < 4.78 is 45.1. The zero-order valence-corrected chi connectivity index (χ0v) is 32.7. The molecule has 2 aromatic rings. The fourth-order valence-corrected chi connectivity index (χ4v) is 8.53. The molecule has 3 N–H and O–H groups in total. The Morgan fingerprint density at radius 1 is 1.11 bits per heavy atom. The minimum Gasteiger partial charge on any atom is -0.497 e. The number of pyridine rings is 1. The molecule has 0 unspecified atom stereocenters. The fourth-order valence-electron chi connectivity index (χ4n) is 6.87. The van der Waals surface area contributed by atoms with Gasteiger partial charge in [-0.05, 0) is 88.4 Å². The van der Waals surface area contributed by atoms with Gasteiger partial charge in [0.25, 0.3) is 5.91 Å². The predicted octanol–water partition coefficient (Wildman–Crippen LogP) is 4.37. The number of hydrogen-bond acceptors (Lipinski definition) is 10. The van der Waals surface area contributed by atoms with E-state index in [9.17, 15) is 27.6 Å². The topological polar surface area (TPSA) is 182 Å². The maximum Gasteiger partial charge on any atom is 0.408 e. The van der Waals surface area contributed by atoms with E-state index in [2.05, 4.69) is 20.3 Å². The van der Waals surface area contributed by atoms with E-state index in [1.165, 1.54) is 4.90 Å². The number of ether oxygens (including phenoxy) is 3. The summed E-state index contributed by atoms with van der Waals surface area (Å²) in [5.41, 5.74) is -2.35. The Hall–Kier alpha value is -4.40. The van der Waals surface area contributed by atoms with Gasteiger partial charge >= 0.3 is 6.09 Å². The number of carbonyl (C=O) groups is 4. The number of amides is 4. The number of carbonyl (C=O) groups excluding carboxylic acids is 4. The van der Waals surface area contributed by atoms with Gasteiger partial charge in [0, 0.05) is 23.9 Å². The number of sulfonamides is 1. The monoisotopic (exact) mass is 755 g/mol. The predicted molar refractivity (Wildman–Crippen MR) is 199 cm³/mol. The lowest BCUT2D eigenvalue weighted by Crippen LogP contribution is -2.59. The summed E-state index contributed by atoms with van der Waals surface area (Å²) in [5.74, 6) is -1.87. The highest BCUT2D eigenvalue weighted by Crippen LogP contribution is 2.48. The summed E-state index contributed by atoms with van der Waals surface area (Å²) in [5, 5.41) is 7.07. The number of hydrogen-bond donors (Lipinski definition) is 3. The van der Waals surface area contributed by atoms with Crippen LogP contribution in [0.25, 0.3) is 10.8 Å². The van der Waals surface area contributed by atoms with Gasteiger partial charge in [0.15, 0.2) is 0 Å². The number of likely N-dealkylation sites (tertiary alicyclic amines) is 1. The fraction of sp³-hybridized carbons (Fsp3) is 0.605. The van der Waals surface area contributed by atoms with E-state index in [4.69, 9.17) is 14.2 Å². The van der Waals surface area contributed by atoms with Gasteiger partial charge in [0.05, 0.1) is 18.4 Å². The molecule has 5 atom stereocenters. The largest absolute Gasteiger partial charge is 0.497 e. The van der Waals surface area contributed by atoms with Crippen molar-refractivity contribution in [2.45, 2.75) is 121 Å². The minimum atomic E-state index is -4.00. The van der Waals surface area contributed by atoms with Crippen LogP contribution in [0.1, 0.15) is 87.0 Å². The highest BCUT2D eigenvalue weighted by atomic mass is 32.2. The first kappa shape index (κ1) is 39.8. The molecular formula is C38H53N5O9S. The second-order valence-corrected chi connectivity index (χ2v) is 17.7. The van der Waals surface area contributed by atoms with Crippen LogP contribution in [0.5, 0.6) is 11.6 Å². The maximum atomic E-state index is 14.4. The third-order valence-electron chi connectivity index (χ3n) is 10.3. The van der Waals surface area contributed by atoms with Crippen LogP contribution in [0, 0.1) is 11.8 Å². The summed E-state index contributed by atoms with van der Waals surface area (Å²) in [4.78, 5) is 61.3. The van der Waals surface area contributed by atoms with Gasteiger partial charge in [-0.2, -0.15) is 0 Å². The molecule has 3 fully saturated rings. The van der Waals surface area contributed by atoms with Crippen molar-refractivity contribution in [2.24, 2.45) is 11.8 Å². The Morgan fingerprint density at radius 3 is 2.43 bits per heavy atom. The number of nitrogens with one attached hydrogen (secondary N) is 3. The molecular weight excluding hydrogens is 703 g/mol. The molecule has 15 heteroatoms. The molecule has 2 aliphatic carbocycles. The van der Waals surface area contributed by atoms with Gasteiger partial charge < -0.3 is 29.7 Å². The van der Waals surface area contributed by atoms with Crippen LogP contribution in [0.3, 0.4) is 0 Å². The van der Waals surface area contributed by atoms with Crippen molar-refractivity contribution >= 4 is 44.6 Å². The number of allylic oxidation sites excluding steroid dienone is 1.